The van der Waals surface area contributed by atoms with E-state index in [4.69, 9.17) is 0 Å². The van der Waals surface area contributed by atoms with Gasteiger partial charge in [0.15, 0.2) is 0 Å². The Hall–Kier alpha value is -0.760. The second-order valence-electron chi connectivity index (χ2n) is 2.87. The van der Waals surface area contributed by atoms with Gasteiger partial charge in [-0.1, -0.05) is 0 Å². The molecule has 0 unspecified atom stereocenters. The first-order valence-corrected chi connectivity index (χ1v) is 5.85. The van der Waals surface area contributed by atoms with Crippen LogP contribution in [0, 0.1) is 13.7 Å². The molecule has 4 nitrogen and oxygen atoms in total. The molecule has 15 heavy (non-hydrogen) atoms. The van der Waals surface area contributed by atoms with Crippen LogP contribution in [0.1, 0.15) is 0 Å². The van der Waals surface area contributed by atoms with Crippen molar-refractivity contribution in [1.29, 1.82) is 0 Å². The summed E-state index contributed by atoms with van der Waals surface area (Å²) in [4.78, 5) is 14.6. The van der Waals surface area contributed by atoms with Gasteiger partial charge in [-0.15, -0.1) is 0 Å². The molecule has 0 aliphatic carbocycles. The molecule has 0 aliphatic heterocycles. The molecule has 0 radical (unpaired) electrons. The predicted octanol–water partition coefficient (Wildman–Crippen LogP) is 3.51. The second-order valence-corrected chi connectivity index (χ2v) is 4.97. The van der Waals surface area contributed by atoms with E-state index in [1.54, 1.807) is 18.3 Å². The van der Waals surface area contributed by atoms with Crippen LogP contribution < -0.4 is 0 Å². The number of benzene rings is 1. The Labute approximate surface area is 107 Å². The number of hydrogen-bond acceptors (Lipinski definition) is 3. The minimum absolute atomic E-state index is 0.0826. The molecule has 0 aliphatic rings. The smallest absolute Gasteiger partial charge is 0.258 e. The zero-order valence-electron chi connectivity index (χ0n) is 7.28. The van der Waals surface area contributed by atoms with Gasteiger partial charge in [-0.25, -0.2) is 0 Å². The summed E-state index contributed by atoms with van der Waals surface area (Å²) in [6, 6.07) is 4.87. The molecule has 0 spiro atoms. The Morgan fingerprint density at radius 2 is 2.20 bits per heavy atom. The quantitative estimate of drug-likeness (QED) is 0.433. The van der Waals surface area contributed by atoms with Crippen LogP contribution in [-0.4, -0.2) is 9.91 Å². The van der Waals surface area contributed by atoms with Gasteiger partial charge >= 0.3 is 0 Å². The van der Waals surface area contributed by atoms with Crippen LogP contribution in [0.3, 0.4) is 0 Å². The van der Waals surface area contributed by atoms with Crippen LogP contribution in [0.4, 0.5) is 5.69 Å². The molecule has 0 saturated heterocycles. The van der Waals surface area contributed by atoms with E-state index in [9.17, 15) is 10.1 Å². The Morgan fingerprint density at radius 3 is 2.87 bits per heavy atom. The highest BCUT2D eigenvalue weighted by molar-refractivity contribution is 14.1. The number of fused-ring (bicyclic) bond motifs is 1. The predicted molar refractivity (Wildman–Crippen MR) is 68.8 cm³/mol. The van der Waals surface area contributed by atoms with E-state index >= 15 is 0 Å². The number of nitro benzene ring substituents is 1. The molecule has 0 amide bonds. The molecule has 76 valence electrons. The lowest BCUT2D eigenvalue weighted by Gasteiger charge is -2.01. The van der Waals surface area contributed by atoms with Gasteiger partial charge in [-0.2, -0.15) is 0 Å². The molecule has 2 rings (SSSR count). The number of aromatic nitrogens is 1. The van der Waals surface area contributed by atoms with Gasteiger partial charge in [-0.05, 0) is 50.7 Å². The normalized spacial score (nSPS) is 10.5. The molecule has 1 aromatic heterocycles. The van der Waals surface area contributed by atoms with Gasteiger partial charge in [0.05, 0.1) is 15.8 Å². The largest absolute Gasteiger partial charge is 0.278 e. The summed E-state index contributed by atoms with van der Waals surface area (Å²) in [7, 11) is 0. The Kier molecular flexibility index (Phi) is 2.87. The molecule has 6 heteroatoms. The number of nitrogens with zero attached hydrogens (tertiary/aromatic N) is 2. The summed E-state index contributed by atoms with van der Waals surface area (Å²) >= 11 is 5.40. The minimum Gasteiger partial charge on any atom is -0.258 e. The highest BCUT2D eigenvalue weighted by Gasteiger charge is 2.14. The minimum atomic E-state index is -0.396. The van der Waals surface area contributed by atoms with Crippen molar-refractivity contribution in [2.75, 3.05) is 0 Å². The zero-order valence-corrected chi connectivity index (χ0v) is 11.0. The number of pyridine rings is 1. The van der Waals surface area contributed by atoms with Gasteiger partial charge in [-0.3, -0.25) is 15.1 Å². The van der Waals surface area contributed by atoms with Gasteiger partial charge < -0.3 is 0 Å². The summed E-state index contributed by atoms with van der Waals surface area (Å²) in [5.74, 6) is 0. The van der Waals surface area contributed by atoms with Crippen LogP contribution >= 0.6 is 38.5 Å². The molecule has 0 atom stereocenters. The van der Waals surface area contributed by atoms with Crippen molar-refractivity contribution in [2.24, 2.45) is 0 Å². The summed E-state index contributed by atoms with van der Waals surface area (Å²) in [5, 5.41) is 11.4. The Bertz CT molecular complexity index is 559. The maximum absolute atomic E-state index is 10.8. The van der Waals surface area contributed by atoms with E-state index in [2.05, 4.69) is 43.5 Å². The monoisotopic (exact) mass is 378 g/mol. The lowest BCUT2D eigenvalue weighted by atomic mass is 10.2. The molecule has 0 fully saturated rings. The van der Waals surface area contributed by atoms with Crippen LogP contribution in [0.15, 0.2) is 28.9 Å². The summed E-state index contributed by atoms with van der Waals surface area (Å²) in [5.41, 5.74) is 0.698. The number of halogens is 2. The highest BCUT2D eigenvalue weighted by atomic mass is 127. The molecule has 1 heterocycles. The maximum Gasteiger partial charge on any atom is 0.278 e. The second kappa shape index (κ2) is 4.01. The first kappa shape index (κ1) is 10.7. The van der Waals surface area contributed by atoms with Crippen LogP contribution in [0.2, 0.25) is 0 Å². The zero-order chi connectivity index (χ0) is 11.0. The first-order chi connectivity index (χ1) is 7.09. The van der Waals surface area contributed by atoms with Crippen molar-refractivity contribution in [1.82, 2.24) is 4.98 Å². The van der Waals surface area contributed by atoms with Gasteiger partial charge in [0.1, 0.15) is 0 Å². The third-order valence-electron chi connectivity index (χ3n) is 1.94. The first-order valence-electron chi connectivity index (χ1n) is 3.98. The van der Waals surface area contributed by atoms with E-state index in [0.717, 1.165) is 8.04 Å². The van der Waals surface area contributed by atoms with Crippen LogP contribution in [0.25, 0.3) is 10.9 Å². The number of non-ortho nitro benzene ring substituents is 1. The molecule has 0 saturated carbocycles. The Morgan fingerprint density at radius 1 is 1.47 bits per heavy atom. The van der Waals surface area contributed by atoms with Crippen LogP contribution in [-0.2, 0) is 0 Å². The number of rotatable bonds is 1. The lowest BCUT2D eigenvalue weighted by molar-refractivity contribution is -0.383. The fourth-order valence-electron chi connectivity index (χ4n) is 1.30. The third-order valence-corrected chi connectivity index (χ3v) is 3.17. The molecule has 0 N–H and O–H groups in total. The fourth-order valence-corrected chi connectivity index (χ4v) is 2.20. The summed E-state index contributed by atoms with van der Waals surface area (Å²) in [6.45, 7) is 0. The lowest BCUT2D eigenvalue weighted by Crippen LogP contribution is -1.91. The number of nitro groups is 1. The van der Waals surface area contributed by atoms with Crippen molar-refractivity contribution in [3.05, 3.63) is 42.6 Å². The highest BCUT2D eigenvalue weighted by Crippen LogP contribution is 2.30. The standard InChI is InChI=1S/C9H4BrIN2O2/c10-7-1-2-8(13(14)15)6-3-5(11)4-12-9(6)7/h1-4H. The Balaban J connectivity index is 2.90. The number of hydrogen-bond donors (Lipinski definition) is 0. The van der Waals surface area contributed by atoms with Gasteiger partial charge in [0.25, 0.3) is 5.69 Å². The van der Waals surface area contributed by atoms with E-state index in [-0.39, 0.29) is 5.69 Å². The van der Waals surface area contributed by atoms with E-state index in [1.165, 1.54) is 6.07 Å². The third kappa shape index (κ3) is 1.96. The molecule has 0 bridgehead atoms. The fraction of sp³-hybridized carbons (Fsp3) is 0. The van der Waals surface area contributed by atoms with Crippen molar-refractivity contribution in [3.8, 4) is 0 Å². The molecule has 1 aromatic carbocycles. The molecular formula is C9H4BrIN2O2. The molecular weight excluding hydrogens is 375 g/mol. The van der Waals surface area contributed by atoms with Crippen LogP contribution in [0.5, 0.6) is 0 Å². The van der Waals surface area contributed by atoms with E-state index in [0.29, 0.717) is 10.9 Å². The van der Waals surface area contributed by atoms with Crippen molar-refractivity contribution >= 4 is 55.1 Å². The van der Waals surface area contributed by atoms with Gasteiger partial charge in [0, 0.05) is 20.3 Å². The SMILES string of the molecule is O=[N+]([O-])c1ccc(Br)c2ncc(I)cc12. The van der Waals surface area contributed by atoms with Gasteiger partial charge in [0.2, 0.25) is 0 Å². The van der Waals surface area contributed by atoms with E-state index < -0.39 is 4.92 Å². The van der Waals surface area contributed by atoms with E-state index in [1.807, 2.05) is 0 Å². The topological polar surface area (TPSA) is 56.0 Å². The maximum atomic E-state index is 10.8. The average molecular weight is 379 g/mol. The molecule has 2 aromatic rings. The summed E-state index contributed by atoms with van der Waals surface area (Å²) in [6.07, 6.45) is 1.68. The van der Waals surface area contributed by atoms with Crippen molar-refractivity contribution in [3.63, 3.8) is 0 Å². The van der Waals surface area contributed by atoms with Crippen molar-refractivity contribution in [2.45, 2.75) is 0 Å². The average Bonchev–Trinajstić information content (AvgIpc) is 2.17. The summed E-state index contributed by atoms with van der Waals surface area (Å²) < 4.78 is 1.64. The van der Waals surface area contributed by atoms with Crippen molar-refractivity contribution < 1.29 is 4.92 Å².